The van der Waals surface area contributed by atoms with Gasteiger partial charge in [-0.15, -0.1) is 0 Å². The highest BCUT2D eigenvalue weighted by Crippen LogP contribution is 2.24. The van der Waals surface area contributed by atoms with Crippen LogP contribution in [0.2, 0.25) is 5.02 Å². The number of carbonyl (C=O) groups is 1. The Bertz CT molecular complexity index is 1140. The Kier molecular flexibility index (Phi) is 5.91. The van der Waals surface area contributed by atoms with Crippen LogP contribution in [-0.2, 0) is 6.42 Å². The molecule has 4 aromatic rings. The summed E-state index contributed by atoms with van der Waals surface area (Å²) in [6.07, 6.45) is 0.523. The SMILES string of the molecule is Cc1ccc(C(=O)NC(Cc2ccccc2)c2nc(-c3cccc(Cl)c3)no2)cc1. The van der Waals surface area contributed by atoms with E-state index in [1.165, 1.54) is 0 Å². The lowest BCUT2D eigenvalue weighted by atomic mass is 10.0. The molecule has 3 aromatic carbocycles. The highest BCUT2D eigenvalue weighted by Gasteiger charge is 2.23. The van der Waals surface area contributed by atoms with Crippen LogP contribution in [0.1, 0.15) is 33.4 Å². The fourth-order valence-corrected chi connectivity index (χ4v) is 3.31. The molecule has 0 bridgehead atoms. The fourth-order valence-electron chi connectivity index (χ4n) is 3.12. The van der Waals surface area contributed by atoms with E-state index in [1.54, 1.807) is 24.3 Å². The maximum atomic E-state index is 12.8. The molecule has 5 nitrogen and oxygen atoms in total. The summed E-state index contributed by atoms with van der Waals surface area (Å²) in [5, 5.41) is 7.71. The molecule has 0 radical (unpaired) electrons. The van der Waals surface area contributed by atoms with Crippen molar-refractivity contribution in [2.75, 3.05) is 0 Å². The number of carbonyl (C=O) groups excluding carboxylic acids is 1. The molecule has 1 N–H and O–H groups in total. The molecular weight excluding hydrogens is 398 g/mol. The number of hydrogen-bond donors (Lipinski definition) is 1. The molecule has 30 heavy (non-hydrogen) atoms. The average molecular weight is 418 g/mol. The summed E-state index contributed by atoms with van der Waals surface area (Å²) in [6, 6.07) is 24.1. The quantitative estimate of drug-likeness (QED) is 0.455. The Morgan fingerprint density at radius 2 is 1.80 bits per heavy atom. The van der Waals surface area contributed by atoms with Crippen LogP contribution < -0.4 is 5.32 Å². The lowest BCUT2D eigenvalue weighted by Gasteiger charge is -2.15. The van der Waals surface area contributed by atoms with Gasteiger partial charge in [0.05, 0.1) is 0 Å². The predicted molar refractivity (Wildman–Crippen MR) is 116 cm³/mol. The van der Waals surface area contributed by atoms with E-state index < -0.39 is 6.04 Å². The van der Waals surface area contributed by atoms with Crippen molar-refractivity contribution in [3.05, 3.63) is 106 Å². The van der Waals surface area contributed by atoms with E-state index in [0.29, 0.717) is 28.7 Å². The van der Waals surface area contributed by atoms with E-state index >= 15 is 0 Å². The average Bonchev–Trinajstić information content (AvgIpc) is 3.25. The number of hydrogen-bond acceptors (Lipinski definition) is 4. The second kappa shape index (κ2) is 8.93. The number of benzene rings is 3. The minimum atomic E-state index is -0.471. The van der Waals surface area contributed by atoms with Gasteiger partial charge in [0, 0.05) is 22.6 Å². The molecule has 1 atom stereocenters. The summed E-state index contributed by atoms with van der Waals surface area (Å²) in [5.41, 5.74) is 3.47. The molecule has 1 amide bonds. The minimum Gasteiger partial charge on any atom is -0.340 e. The van der Waals surface area contributed by atoms with Crippen molar-refractivity contribution in [2.24, 2.45) is 0 Å². The minimum absolute atomic E-state index is 0.196. The van der Waals surface area contributed by atoms with Gasteiger partial charge in [0.1, 0.15) is 6.04 Å². The monoisotopic (exact) mass is 417 g/mol. The van der Waals surface area contributed by atoms with Crippen molar-refractivity contribution in [3.8, 4) is 11.4 Å². The topological polar surface area (TPSA) is 68.0 Å². The van der Waals surface area contributed by atoms with Crippen LogP contribution in [0.4, 0.5) is 0 Å². The van der Waals surface area contributed by atoms with E-state index in [4.69, 9.17) is 16.1 Å². The zero-order chi connectivity index (χ0) is 20.9. The van der Waals surface area contributed by atoms with Crippen molar-refractivity contribution in [2.45, 2.75) is 19.4 Å². The number of rotatable bonds is 6. The fraction of sp³-hybridized carbons (Fsp3) is 0.125. The summed E-state index contributed by atoms with van der Waals surface area (Å²) in [4.78, 5) is 17.4. The molecular formula is C24H20ClN3O2. The number of nitrogens with zero attached hydrogens (tertiary/aromatic N) is 2. The van der Waals surface area contributed by atoms with Crippen LogP contribution >= 0.6 is 11.6 Å². The van der Waals surface area contributed by atoms with Gasteiger partial charge in [-0.3, -0.25) is 4.79 Å². The number of halogens is 1. The van der Waals surface area contributed by atoms with Gasteiger partial charge in [0.15, 0.2) is 0 Å². The number of nitrogens with one attached hydrogen (secondary N) is 1. The van der Waals surface area contributed by atoms with Gasteiger partial charge >= 0.3 is 0 Å². The normalized spacial score (nSPS) is 11.8. The molecule has 0 aliphatic rings. The third-order valence-electron chi connectivity index (χ3n) is 4.72. The standard InChI is InChI=1S/C24H20ClN3O2/c1-16-10-12-18(13-11-16)23(29)26-21(14-17-6-3-2-4-7-17)24-27-22(28-30-24)19-8-5-9-20(25)15-19/h2-13,15,21H,14H2,1H3,(H,26,29). The van der Waals surface area contributed by atoms with Crippen LogP contribution in [-0.4, -0.2) is 16.0 Å². The van der Waals surface area contributed by atoms with Crippen LogP contribution in [0.25, 0.3) is 11.4 Å². The van der Waals surface area contributed by atoms with Crippen molar-refractivity contribution >= 4 is 17.5 Å². The molecule has 0 spiro atoms. The second-order valence-electron chi connectivity index (χ2n) is 7.05. The molecule has 1 aromatic heterocycles. The first kappa shape index (κ1) is 19.9. The van der Waals surface area contributed by atoms with E-state index in [9.17, 15) is 4.79 Å². The maximum Gasteiger partial charge on any atom is 0.251 e. The van der Waals surface area contributed by atoms with Crippen molar-refractivity contribution in [3.63, 3.8) is 0 Å². The Labute approximate surface area is 179 Å². The third kappa shape index (κ3) is 4.75. The Balaban J connectivity index is 1.62. The molecule has 0 aliphatic heterocycles. The first-order valence-electron chi connectivity index (χ1n) is 9.59. The van der Waals surface area contributed by atoms with E-state index in [2.05, 4.69) is 15.5 Å². The first-order chi connectivity index (χ1) is 14.6. The molecule has 6 heteroatoms. The molecule has 4 rings (SSSR count). The zero-order valence-corrected chi connectivity index (χ0v) is 17.1. The summed E-state index contributed by atoms with van der Waals surface area (Å²) in [7, 11) is 0. The molecule has 1 heterocycles. The summed E-state index contributed by atoms with van der Waals surface area (Å²) in [6.45, 7) is 1.98. The predicted octanol–water partition coefficient (Wildman–Crippen LogP) is 5.41. The van der Waals surface area contributed by atoms with Gasteiger partial charge in [-0.25, -0.2) is 0 Å². The molecule has 0 aliphatic carbocycles. The Morgan fingerprint density at radius 3 is 2.53 bits per heavy atom. The van der Waals surface area contributed by atoms with Crippen molar-refractivity contribution in [1.82, 2.24) is 15.5 Å². The molecule has 0 saturated carbocycles. The van der Waals surface area contributed by atoms with Crippen LogP contribution in [0.5, 0.6) is 0 Å². The zero-order valence-electron chi connectivity index (χ0n) is 16.4. The lowest BCUT2D eigenvalue weighted by Crippen LogP contribution is -2.30. The van der Waals surface area contributed by atoms with Crippen LogP contribution in [0.3, 0.4) is 0 Å². The maximum absolute atomic E-state index is 12.8. The van der Waals surface area contributed by atoms with Gasteiger partial charge in [0.25, 0.3) is 5.91 Å². The van der Waals surface area contributed by atoms with Crippen LogP contribution in [0, 0.1) is 6.92 Å². The number of amides is 1. The summed E-state index contributed by atoms with van der Waals surface area (Å²) in [5.74, 6) is 0.572. The van der Waals surface area contributed by atoms with Crippen LogP contribution in [0.15, 0.2) is 83.4 Å². The second-order valence-corrected chi connectivity index (χ2v) is 7.48. The number of aromatic nitrogens is 2. The molecule has 0 fully saturated rings. The lowest BCUT2D eigenvalue weighted by molar-refractivity contribution is 0.0928. The van der Waals surface area contributed by atoms with Gasteiger partial charge in [-0.05, 0) is 36.8 Å². The summed E-state index contributed by atoms with van der Waals surface area (Å²) < 4.78 is 5.53. The van der Waals surface area contributed by atoms with Gasteiger partial charge < -0.3 is 9.84 Å². The molecule has 0 saturated heterocycles. The number of aryl methyl sites for hydroxylation is 1. The van der Waals surface area contributed by atoms with E-state index in [0.717, 1.165) is 16.7 Å². The third-order valence-corrected chi connectivity index (χ3v) is 4.96. The van der Waals surface area contributed by atoms with Gasteiger partial charge in [0.2, 0.25) is 11.7 Å². The van der Waals surface area contributed by atoms with Crippen molar-refractivity contribution in [1.29, 1.82) is 0 Å². The largest absolute Gasteiger partial charge is 0.340 e. The summed E-state index contributed by atoms with van der Waals surface area (Å²) >= 11 is 6.08. The van der Waals surface area contributed by atoms with E-state index in [-0.39, 0.29) is 5.91 Å². The highest BCUT2D eigenvalue weighted by molar-refractivity contribution is 6.30. The van der Waals surface area contributed by atoms with Gasteiger partial charge in [-0.2, -0.15) is 4.98 Å². The van der Waals surface area contributed by atoms with Crippen molar-refractivity contribution < 1.29 is 9.32 Å². The smallest absolute Gasteiger partial charge is 0.251 e. The first-order valence-corrected chi connectivity index (χ1v) is 9.97. The Morgan fingerprint density at radius 1 is 1.03 bits per heavy atom. The Hall–Kier alpha value is -3.44. The van der Waals surface area contributed by atoms with E-state index in [1.807, 2.05) is 61.5 Å². The molecule has 150 valence electrons. The highest BCUT2D eigenvalue weighted by atomic mass is 35.5. The van der Waals surface area contributed by atoms with Gasteiger partial charge in [-0.1, -0.05) is 76.9 Å². The molecule has 1 unspecified atom stereocenters.